The van der Waals surface area contributed by atoms with E-state index in [-0.39, 0.29) is 16.9 Å². The summed E-state index contributed by atoms with van der Waals surface area (Å²) in [5.41, 5.74) is 0. The van der Waals surface area contributed by atoms with Gasteiger partial charge in [-0.05, 0) is 40.8 Å². The average molecular weight is 368 g/mol. The maximum absolute atomic E-state index is 12.3. The highest BCUT2D eigenvalue weighted by Crippen LogP contribution is 2.27. The first kappa shape index (κ1) is 15.2. The summed E-state index contributed by atoms with van der Waals surface area (Å²) in [6.07, 6.45) is 6.89. The fourth-order valence-electron chi connectivity index (χ4n) is 2.35. The summed E-state index contributed by atoms with van der Waals surface area (Å²) in [5.74, 6) is 0.703. The van der Waals surface area contributed by atoms with Crippen LogP contribution in [-0.2, 0) is 10.0 Å². The molecule has 4 nitrogen and oxygen atoms in total. The van der Waals surface area contributed by atoms with Crippen molar-refractivity contribution < 1.29 is 8.42 Å². The molecule has 106 valence electrons. The van der Waals surface area contributed by atoms with Crippen LogP contribution in [0.25, 0.3) is 0 Å². The topological polar surface area (TPSA) is 59.1 Å². The Hall–Kier alpha value is -0.170. The number of hydrogen-bond donors (Lipinski definition) is 1. The number of nitrogens with zero attached hydrogens (tertiary/aromatic N) is 1. The number of pyridine rings is 1. The van der Waals surface area contributed by atoms with Gasteiger partial charge in [-0.2, -0.15) is 0 Å². The monoisotopic (exact) mass is 366 g/mol. The summed E-state index contributed by atoms with van der Waals surface area (Å²) in [7, 11) is -3.53. The van der Waals surface area contributed by atoms with Gasteiger partial charge >= 0.3 is 0 Å². The van der Waals surface area contributed by atoms with E-state index in [1.807, 2.05) is 0 Å². The van der Waals surface area contributed by atoms with Gasteiger partial charge in [-0.25, -0.2) is 13.1 Å². The zero-order valence-corrected chi connectivity index (χ0v) is 13.5. The summed E-state index contributed by atoms with van der Waals surface area (Å²) >= 11 is 9.15. The molecule has 0 amide bonds. The molecule has 1 heterocycles. The third kappa shape index (κ3) is 3.90. The van der Waals surface area contributed by atoms with E-state index in [9.17, 15) is 8.42 Å². The molecule has 0 aromatic carbocycles. The number of halogens is 2. The van der Waals surface area contributed by atoms with Crippen LogP contribution in [0.2, 0.25) is 0 Å². The lowest BCUT2D eigenvalue weighted by Crippen LogP contribution is -2.42. The van der Waals surface area contributed by atoms with E-state index in [4.69, 9.17) is 11.6 Å². The van der Waals surface area contributed by atoms with Gasteiger partial charge in [0.1, 0.15) is 4.90 Å². The molecule has 2 atom stereocenters. The van der Waals surface area contributed by atoms with Gasteiger partial charge in [0.05, 0.1) is 0 Å². The fourth-order valence-corrected chi connectivity index (χ4v) is 4.57. The number of nitrogens with one attached hydrogen (secondary N) is 1. The van der Waals surface area contributed by atoms with Gasteiger partial charge in [0.15, 0.2) is 0 Å². The molecule has 1 fully saturated rings. The highest BCUT2D eigenvalue weighted by atomic mass is 79.9. The minimum atomic E-state index is -3.53. The van der Waals surface area contributed by atoms with Gasteiger partial charge in [0.25, 0.3) is 0 Å². The van der Waals surface area contributed by atoms with Crippen molar-refractivity contribution in [1.82, 2.24) is 9.71 Å². The smallest absolute Gasteiger partial charge is 0.242 e. The van der Waals surface area contributed by atoms with Crippen molar-refractivity contribution in [3.05, 3.63) is 22.9 Å². The molecule has 0 bridgehead atoms. The molecule has 1 N–H and O–H groups in total. The summed E-state index contributed by atoms with van der Waals surface area (Å²) in [6, 6.07) is 1.48. The second-order valence-electron chi connectivity index (χ2n) is 4.77. The number of aromatic nitrogens is 1. The van der Waals surface area contributed by atoms with Gasteiger partial charge in [-0.15, -0.1) is 11.6 Å². The SMILES string of the molecule is O=S(=O)(NC1CCCCC1CCl)c1cncc(Br)c1. The van der Waals surface area contributed by atoms with Crippen molar-refractivity contribution in [3.8, 4) is 0 Å². The molecule has 2 unspecified atom stereocenters. The van der Waals surface area contributed by atoms with Crippen molar-refractivity contribution in [3.63, 3.8) is 0 Å². The van der Waals surface area contributed by atoms with E-state index in [1.54, 1.807) is 12.3 Å². The van der Waals surface area contributed by atoms with Gasteiger partial charge in [-0.1, -0.05) is 12.8 Å². The van der Waals surface area contributed by atoms with Crippen LogP contribution < -0.4 is 4.72 Å². The van der Waals surface area contributed by atoms with Crippen LogP contribution in [0.1, 0.15) is 25.7 Å². The van der Waals surface area contributed by atoms with Crippen LogP contribution in [0.15, 0.2) is 27.8 Å². The van der Waals surface area contributed by atoms with Crippen molar-refractivity contribution in [2.24, 2.45) is 5.92 Å². The maximum atomic E-state index is 12.3. The van der Waals surface area contributed by atoms with E-state index in [0.29, 0.717) is 10.4 Å². The number of alkyl halides is 1. The van der Waals surface area contributed by atoms with Crippen LogP contribution in [0, 0.1) is 5.92 Å². The van der Waals surface area contributed by atoms with Crippen molar-refractivity contribution >= 4 is 37.6 Å². The molecule has 1 aliphatic rings. The number of rotatable bonds is 4. The Morgan fingerprint density at radius 1 is 1.37 bits per heavy atom. The molecule has 0 saturated heterocycles. The molecule has 19 heavy (non-hydrogen) atoms. The standard InChI is InChI=1S/C12H16BrClN2O2S/c13-10-5-11(8-15-7-10)19(17,18)16-12-4-2-1-3-9(12)6-14/h5,7-9,12,16H,1-4,6H2. The Morgan fingerprint density at radius 3 is 2.79 bits per heavy atom. The van der Waals surface area contributed by atoms with Gasteiger partial charge in [0.2, 0.25) is 10.0 Å². The minimum Gasteiger partial charge on any atom is -0.262 e. The Bertz CT molecular complexity index is 538. The highest BCUT2D eigenvalue weighted by Gasteiger charge is 2.29. The second-order valence-corrected chi connectivity index (χ2v) is 7.70. The van der Waals surface area contributed by atoms with Gasteiger partial charge in [0, 0.05) is 28.8 Å². The Labute approximate surface area is 127 Å². The molecule has 1 saturated carbocycles. The van der Waals surface area contributed by atoms with Crippen molar-refractivity contribution in [1.29, 1.82) is 0 Å². The average Bonchev–Trinajstić information content (AvgIpc) is 2.39. The van der Waals surface area contributed by atoms with E-state index in [1.165, 1.54) is 6.20 Å². The second kappa shape index (κ2) is 6.52. The number of hydrogen-bond acceptors (Lipinski definition) is 3. The van der Waals surface area contributed by atoms with Crippen LogP contribution >= 0.6 is 27.5 Å². The highest BCUT2D eigenvalue weighted by molar-refractivity contribution is 9.10. The lowest BCUT2D eigenvalue weighted by molar-refractivity contribution is 0.314. The summed E-state index contributed by atoms with van der Waals surface area (Å²) < 4.78 is 28.0. The maximum Gasteiger partial charge on any atom is 0.242 e. The summed E-state index contributed by atoms with van der Waals surface area (Å²) in [4.78, 5) is 4.07. The zero-order valence-electron chi connectivity index (χ0n) is 10.4. The van der Waals surface area contributed by atoms with Crippen LogP contribution in [-0.4, -0.2) is 25.3 Å². The van der Waals surface area contributed by atoms with Crippen molar-refractivity contribution in [2.45, 2.75) is 36.6 Å². The fraction of sp³-hybridized carbons (Fsp3) is 0.583. The molecule has 1 aromatic heterocycles. The van der Waals surface area contributed by atoms with E-state index in [2.05, 4.69) is 25.6 Å². The molecule has 7 heteroatoms. The lowest BCUT2D eigenvalue weighted by Gasteiger charge is -2.30. The van der Waals surface area contributed by atoms with Gasteiger partial charge in [-0.3, -0.25) is 4.98 Å². The predicted molar refractivity (Wildman–Crippen MR) is 78.7 cm³/mol. The Kier molecular flexibility index (Phi) is 5.22. The molecule has 0 radical (unpaired) electrons. The third-order valence-electron chi connectivity index (χ3n) is 3.40. The first-order valence-corrected chi connectivity index (χ1v) is 9.03. The summed E-state index contributed by atoms with van der Waals surface area (Å²) in [6.45, 7) is 0. The third-order valence-corrected chi connectivity index (χ3v) is 5.69. The normalized spacial score (nSPS) is 24.3. The van der Waals surface area contributed by atoms with E-state index < -0.39 is 10.0 Å². The first-order valence-electron chi connectivity index (χ1n) is 6.22. The molecule has 2 rings (SSSR count). The van der Waals surface area contributed by atoms with Crippen LogP contribution in [0.3, 0.4) is 0 Å². The first-order chi connectivity index (χ1) is 9.03. The molecule has 1 aromatic rings. The van der Waals surface area contributed by atoms with Crippen molar-refractivity contribution in [2.75, 3.05) is 5.88 Å². The molecule has 0 spiro atoms. The minimum absolute atomic E-state index is 0.0739. The zero-order chi connectivity index (χ0) is 13.9. The quantitative estimate of drug-likeness (QED) is 0.832. The van der Waals surface area contributed by atoms with E-state index >= 15 is 0 Å². The molecular formula is C12H16BrClN2O2S. The van der Waals surface area contributed by atoms with E-state index in [0.717, 1.165) is 25.7 Å². The summed E-state index contributed by atoms with van der Waals surface area (Å²) in [5, 5.41) is 0. The molecule has 0 aliphatic heterocycles. The van der Waals surface area contributed by atoms with Gasteiger partial charge < -0.3 is 0 Å². The Balaban J connectivity index is 2.16. The van der Waals surface area contributed by atoms with Crippen LogP contribution in [0.5, 0.6) is 0 Å². The molecular weight excluding hydrogens is 352 g/mol. The van der Waals surface area contributed by atoms with Crippen LogP contribution in [0.4, 0.5) is 0 Å². The lowest BCUT2D eigenvalue weighted by atomic mass is 9.86. The number of sulfonamides is 1. The molecule has 1 aliphatic carbocycles. The largest absolute Gasteiger partial charge is 0.262 e. The predicted octanol–water partition coefficient (Wildman–Crippen LogP) is 2.92. The Morgan fingerprint density at radius 2 is 2.11 bits per heavy atom.